The van der Waals surface area contributed by atoms with Gasteiger partial charge in [0.15, 0.2) is 0 Å². The number of rotatable bonds is 6. The monoisotopic (exact) mass is 365 g/mol. The Hall–Kier alpha value is -2.33. The van der Waals surface area contributed by atoms with Crippen LogP contribution in [0.4, 0.5) is 0 Å². The second kappa shape index (κ2) is 7.12. The van der Waals surface area contributed by atoms with E-state index in [2.05, 4.69) is 41.7 Å². The SMILES string of the molecule is CCCC(=O)NC1CC1c1c(-c2ccccc2)sc2ccc(OC)cc12. The molecule has 0 radical (unpaired) electrons. The molecule has 26 heavy (non-hydrogen) atoms. The zero-order valence-electron chi connectivity index (χ0n) is 15.1. The summed E-state index contributed by atoms with van der Waals surface area (Å²) in [7, 11) is 1.70. The van der Waals surface area contributed by atoms with Gasteiger partial charge in [0.25, 0.3) is 0 Å². The van der Waals surface area contributed by atoms with E-state index in [1.54, 1.807) is 7.11 Å². The number of hydrogen-bond donors (Lipinski definition) is 1. The summed E-state index contributed by atoms with van der Waals surface area (Å²) in [6, 6.07) is 17.1. The standard InChI is InChI=1S/C22H23NO2S/c1-3-7-20(24)23-18-13-16(18)21-17-12-15(25-2)10-11-19(17)26-22(21)14-8-5-4-6-9-14/h4-6,8-12,16,18H,3,7,13H2,1-2H3,(H,23,24). The molecule has 1 aliphatic rings. The highest BCUT2D eigenvalue weighted by Crippen LogP contribution is 2.52. The number of carbonyl (C=O) groups is 1. The van der Waals surface area contributed by atoms with Crippen LogP contribution < -0.4 is 10.1 Å². The number of carbonyl (C=O) groups excluding carboxylic acids is 1. The fourth-order valence-corrected chi connectivity index (χ4v) is 4.83. The number of amides is 1. The van der Waals surface area contributed by atoms with Gasteiger partial charge in [-0.1, -0.05) is 37.3 Å². The molecule has 1 saturated carbocycles. The Morgan fingerprint density at radius 2 is 2.04 bits per heavy atom. The molecule has 3 nitrogen and oxygen atoms in total. The first kappa shape index (κ1) is 17.1. The molecule has 0 saturated heterocycles. The van der Waals surface area contributed by atoms with Crippen LogP contribution in [-0.2, 0) is 4.79 Å². The Morgan fingerprint density at radius 1 is 1.23 bits per heavy atom. The first-order valence-corrected chi connectivity index (χ1v) is 9.98. The van der Waals surface area contributed by atoms with Crippen molar-refractivity contribution in [2.75, 3.05) is 7.11 Å². The number of methoxy groups -OCH3 is 1. The summed E-state index contributed by atoms with van der Waals surface area (Å²) in [5.41, 5.74) is 2.60. The maximum Gasteiger partial charge on any atom is 0.220 e. The summed E-state index contributed by atoms with van der Waals surface area (Å²) >= 11 is 1.83. The van der Waals surface area contributed by atoms with E-state index in [1.807, 2.05) is 30.4 Å². The number of fused-ring (bicyclic) bond motifs is 1. The fourth-order valence-electron chi connectivity index (χ4n) is 3.57. The van der Waals surface area contributed by atoms with Crippen LogP contribution in [0.25, 0.3) is 20.5 Å². The van der Waals surface area contributed by atoms with E-state index < -0.39 is 0 Å². The Morgan fingerprint density at radius 3 is 2.77 bits per heavy atom. The van der Waals surface area contributed by atoms with Gasteiger partial charge in [0.05, 0.1) is 7.11 Å². The molecule has 0 aliphatic heterocycles. The Balaban J connectivity index is 1.75. The molecule has 2 unspecified atom stereocenters. The predicted octanol–water partition coefficient (Wildman–Crippen LogP) is 5.35. The van der Waals surface area contributed by atoms with Crippen LogP contribution in [0.2, 0.25) is 0 Å². The highest BCUT2D eigenvalue weighted by atomic mass is 32.1. The van der Waals surface area contributed by atoms with Gasteiger partial charge in [-0.05, 0) is 42.2 Å². The fraction of sp³-hybridized carbons (Fsp3) is 0.318. The van der Waals surface area contributed by atoms with Gasteiger partial charge in [0.2, 0.25) is 5.91 Å². The van der Waals surface area contributed by atoms with E-state index in [0.717, 1.165) is 18.6 Å². The summed E-state index contributed by atoms with van der Waals surface area (Å²) in [4.78, 5) is 13.3. The van der Waals surface area contributed by atoms with Gasteiger partial charge < -0.3 is 10.1 Å². The number of hydrogen-bond acceptors (Lipinski definition) is 3. The Kier molecular flexibility index (Phi) is 4.68. The first-order chi connectivity index (χ1) is 12.7. The summed E-state index contributed by atoms with van der Waals surface area (Å²) in [5.74, 6) is 1.42. The van der Waals surface area contributed by atoms with Crippen molar-refractivity contribution in [3.63, 3.8) is 0 Å². The molecular weight excluding hydrogens is 342 g/mol. The van der Waals surface area contributed by atoms with E-state index in [9.17, 15) is 4.79 Å². The van der Waals surface area contributed by atoms with Gasteiger partial charge in [-0.25, -0.2) is 0 Å². The predicted molar refractivity (Wildman–Crippen MR) is 108 cm³/mol. The van der Waals surface area contributed by atoms with Crippen LogP contribution in [0.15, 0.2) is 48.5 Å². The van der Waals surface area contributed by atoms with Crippen molar-refractivity contribution in [1.82, 2.24) is 5.32 Å². The lowest BCUT2D eigenvalue weighted by atomic mass is 10.0. The molecule has 2 atom stereocenters. The third-order valence-electron chi connectivity index (χ3n) is 4.95. The Bertz CT molecular complexity index is 932. The molecular formula is C22H23NO2S. The second-order valence-electron chi connectivity index (χ2n) is 6.84. The zero-order chi connectivity index (χ0) is 18.1. The third kappa shape index (κ3) is 3.21. The van der Waals surface area contributed by atoms with Crippen molar-refractivity contribution in [2.45, 2.75) is 38.1 Å². The van der Waals surface area contributed by atoms with E-state index in [-0.39, 0.29) is 11.9 Å². The van der Waals surface area contributed by atoms with Crippen molar-refractivity contribution in [3.8, 4) is 16.2 Å². The van der Waals surface area contributed by atoms with Crippen molar-refractivity contribution >= 4 is 27.3 Å². The molecule has 3 aromatic rings. The minimum Gasteiger partial charge on any atom is -0.497 e. The number of nitrogens with one attached hydrogen (secondary N) is 1. The first-order valence-electron chi connectivity index (χ1n) is 9.16. The highest BCUT2D eigenvalue weighted by molar-refractivity contribution is 7.22. The van der Waals surface area contributed by atoms with Crippen LogP contribution in [0.1, 0.15) is 37.7 Å². The lowest BCUT2D eigenvalue weighted by Gasteiger charge is -2.07. The molecule has 2 aromatic carbocycles. The number of benzene rings is 2. The summed E-state index contributed by atoms with van der Waals surface area (Å²) < 4.78 is 6.72. The topological polar surface area (TPSA) is 38.3 Å². The largest absolute Gasteiger partial charge is 0.497 e. The van der Waals surface area contributed by atoms with Gasteiger partial charge in [-0.2, -0.15) is 0 Å². The van der Waals surface area contributed by atoms with Gasteiger partial charge in [0, 0.05) is 33.3 Å². The van der Waals surface area contributed by atoms with Crippen molar-refractivity contribution < 1.29 is 9.53 Å². The summed E-state index contributed by atoms with van der Waals surface area (Å²) in [6.45, 7) is 2.04. The van der Waals surface area contributed by atoms with E-state index in [4.69, 9.17) is 4.74 Å². The van der Waals surface area contributed by atoms with E-state index >= 15 is 0 Å². The average Bonchev–Trinajstić information content (AvgIpc) is 3.30. The van der Waals surface area contributed by atoms with Gasteiger partial charge in [-0.15, -0.1) is 11.3 Å². The van der Waals surface area contributed by atoms with Gasteiger partial charge in [0.1, 0.15) is 5.75 Å². The highest BCUT2D eigenvalue weighted by Gasteiger charge is 2.42. The molecule has 1 amide bonds. The van der Waals surface area contributed by atoms with Crippen LogP contribution in [-0.4, -0.2) is 19.1 Å². The molecule has 1 aliphatic carbocycles. The van der Waals surface area contributed by atoms with Crippen molar-refractivity contribution in [3.05, 3.63) is 54.1 Å². The summed E-state index contributed by atoms with van der Waals surface area (Å²) in [6.07, 6.45) is 2.50. The van der Waals surface area contributed by atoms with Gasteiger partial charge in [-0.3, -0.25) is 4.79 Å². The zero-order valence-corrected chi connectivity index (χ0v) is 15.9. The van der Waals surface area contributed by atoms with Gasteiger partial charge >= 0.3 is 0 Å². The lowest BCUT2D eigenvalue weighted by Crippen LogP contribution is -2.26. The number of thiophene rings is 1. The summed E-state index contributed by atoms with van der Waals surface area (Å²) in [5, 5.41) is 4.45. The van der Waals surface area contributed by atoms with Crippen molar-refractivity contribution in [2.24, 2.45) is 0 Å². The maximum atomic E-state index is 12.0. The number of ether oxygens (including phenoxy) is 1. The van der Waals surface area contributed by atoms with Crippen molar-refractivity contribution in [1.29, 1.82) is 0 Å². The molecule has 1 aromatic heterocycles. The van der Waals surface area contributed by atoms with E-state index in [1.165, 1.54) is 26.1 Å². The van der Waals surface area contributed by atoms with Crippen LogP contribution in [0.3, 0.4) is 0 Å². The Labute approximate surface area is 158 Å². The van der Waals surface area contributed by atoms with Crippen LogP contribution >= 0.6 is 11.3 Å². The molecule has 134 valence electrons. The molecule has 4 rings (SSSR count). The molecule has 1 N–H and O–H groups in total. The lowest BCUT2D eigenvalue weighted by molar-refractivity contribution is -0.121. The molecule has 0 spiro atoms. The van der Waals surface area contributed by atoms with E-state index in [0.29, 0.717) is 12.3 Å². The minimum absolute atomic E-state index is 0.165. The maximum absolute atomic E-state index is 12.0. The molecule has 4 heteroatoms. The molecule has 0 bridgehead atoms. The second-order valence-corrected chi connectivity index (χ2v) is 7.89. The third-order valence-corrected chi connectivity index (χ3v) is 6.19. The minimum atomic E-state index is 0.165. The smallest absolute Gasteiger partial charge is 0.220 e. The quantitative estimate of drug-likeness (QED) is 0.639. The van der Waals surface area contributed by atoms with Crippen LogP contribution in [0.5, 0.6) is 5.75 Å². The molecule has 1 heterocycles. The normalized spacial score (nSPS) is 18.7. The average molecular weight is 365 g/mol. The molecule has 1 fully saturated rings. The van der Waals surface area contributed by atoms with Crippen LogP contribution in [0, 0.1) is 0 Å².